The molecule has 10 heteroatoms. The summed E-state index contributed by atoms with van der Waals surface area (Å²) in [5, 5.41) is 9.83. The lowest BCUT2D eigenvalue weighted by Crippen LogP contribution is -2.69. The molecule has 0 radical (unpaired) electrons. The minimum absolute atomic E-state index is 0.00560. The van der Waals surface area contributed by atoms with Gasteiger partial charge in [0, 0.05) is 6.61 Å². The number of halogens is 1. The Balaban J connectivity index is 2.72. The molecule has 0 bridgehead atoms. The normalized spacial score (nSPS) is 30.0. The van der Waals surface area contributed by atoms with Crippen molar-refractivity contribution in [1.29, 1.82) is 0 Å². The molecule has 2 aliphatic rings. The smallest absolute Gasteiger partial charge is 0.193 e. The fourth-order valence-electron chi connectivity index (χ4n) is 4.71. The molecular formula is C31H63IO6Si3. The molecule has 0 aromatic carbocycles. The lowest BCUT2D eigenvalue weighted by atomic mass is 9.87. The first-order valence-corrected chi connectivity index (χ1v) is 25.6. The van der Waals surface area contributed by atoms with Crippen molar-refractivity contribution < 1.29 is 27.9 Å². The van der Waals surface area contributed by atoms with E-state index in [0.717, 1.165) is 12.8 Å². The molecule has 2 fully saturated rings. The molecule has 2 rings (SSSR count). The van der Waals surface area contributed by atoms with E-state index in [1.54, 1.807) is 0 Å². The van der Waals surface area contributed by atoms with Crippen molar-refractivity contribution in [3.05, 3.63) is 10.2 Å². The van der Waals surface area contributed by atoms with Gasteiger partial charge in [-0.1, -0.05) is 84.9 Å². The summed E-state index contributed by atoms with van der Waals surface area (Å²) >= 11 is 2.30. The second-order valence-electron chi connectivity index (χ2n) is 16.8. The Morgan fingerprint density at radius 1 is 0.780 bits per heavy atom. The molecule has 6 nitrogen and oxygen atoms in total. The summed E-state index contributed by atoms with van der Waals surface area (Å²) in [4.78, 5) is 0. The lowest BCUT2D eigenvalue weighted by molar-refractivity contribution is -0.267. The standard InChI is InChI=1S/C31H63IO6Si3/c1-29(2,3)39(10,11)36-24(18-20-32)26-28(38-41(14,15)31(7,8)9)27(37-40(12,13)30(4,5)6)25-23(35-26)17-16-22(34-25)19-21-33/h18,20,22-28,33H,16-17,19,21H2,1-15H3/b20-18+/t22?,23-,24?,25-,26?,27?,28?/m0/s1. The van der Waals surface area contributed by atoms with Crippen LogP contribution >= 0.6 is 22.6 Å². The fourth-order valence-corrected chi connectivity index (χ4v) is 8.97. The maximum atomic E-state index is 9.74. The molecule has 0 amide bonds. The molecule has 0 aromatic heterocycles. The van der Waals surface area contributed by atoms with E-state index in [1.807, 2.05) is 0 Å². The summed E-state index contributed by atoms with van der Waals surface area (Å²) < 4.78 is 37.8. The zero-order valence-electron chi connectivity index (χ0n) is 28.9. The Labute approximate surface area is 269 Å². The molecule has 2 saturated heterocycles. The van der Waals surface area contributed by atoms with Gasteiger partial charge in [0.15, 0.2) is 25.0 Å². The largest absolute Gasteiger partial charge is 0.408 e. The number of hydrogen-bond acceptors (Lipinski definition) is 6. The third-order valence-corrected chi connectivity index (χ3v) is 24.4. The number of fused-ring (bicyclic) bond motifs is 1. The molecule has 7 atom stereocenters. The molecule has 1 N–H and O–H groups in total. The predicted molar refractivity (Wildman–Crippen MR) is 188 cm³/mol. The first-order chi connectivity index (χ1) is 18.4. The Kier molecular flexibility index (Phi) is 12.7. The van der Waals surface area contributed by atoms with Crippen LogP contribution in [0.15, 0.2) is 10.2 Å². The van der Waals surface area contributed by atoms with Crippen LogP contribution in [0.5, 0.6) is 0 Å². The summed E-state index contributed by atoms with van der Waals surface area (Å²) in [6.07, 6.45) is 2.94. The van der Waals surface area contributed by atoms with Crippen LogP contribution in [0.4, 0.5) is 0 Å². The first kappa shape index (κ1) is 38.1. The Hall–Kier alpha value is 0.881. The molecule has 0 aliphatic carbocycles. The van der Waals surface area contributed by atoms with E-state index >= 15 is 0 Å². The number of hydrogen-bond donors (Lipinski definition) is 1. The van der Waals surface area contributed by atoms with Gasteiger partial charge < -0.3 is 27.9 Å². The fraction of sp³-hybridized carbons (Fsp3) is 0.935. The van der Waals surface area contributed by atoms with Crippen LogP contribution in [0, 0.1) is 0 Å². The molecule has 0 aromatic rings. The highest BCUT2D eigenvalue weighted by molar-refractivity contribution is 14.1. The highest BCUT2D eigenvalue weighted by Crippen LogP contribution is 2.47. The van der Waals surface area contributed by atoms with Gasteiger partial charge in [-0.2, -0.15) is 0 Å². The van der Waals surface area contributed by atoms with Crippen molar-refractivity contribution in [3.63, 3.8) is 0 Å². The Bertz CT molecular complexity index is 875. The predicted octanol–water partition coefficient (Wildman–Crippen LogP) is 8.80. The van der Waals surface area contributed by atoms with Gasteiger partial charge in [-0.3, -0.25) is 0 Å². The SMILES string of the molecule is CC(C)(C)[Si](C)(C)OC(/C=C/I)C1O[C@H]2CCC(CCO)O[C@@H]2C(O[Si](C)(C)C(C)(C)C)C1O[Si](C)(C)C(C)(C)C. The molecule has 242 valence electrons. The van der Waals surface area contributed by atoms with Crippen LogP contribution < -0.4 is 0 Å². The summed E-state index contributed by atoms with van der Waals surface area (Å²) in [7, 11) is -6.64. The van der Waals surface area contributed by atoms with E-state index in [4.69, 9.17) is 22.8 Å². The number of ether oxygens (including phenoxy) is 2. The molecule has 0 spiro atoms. The van der Waals surface area contributed by atoms with Gasteiger partial charge in [0.2, 0.25) is 0 Å². The third-order valence-electron chi connectivity index (χ3n) is 10.5. The van der Waals surface area contributed by atoms with E-state index in [1.165, 1.54) is 0 Å². The molecule has 0 saturated carbocycles. The topological polar surface area (TPSA) is 66.4 Å². The molecule has 2 aliphatic heterocycles. The van der Waals surface area contributed by atoms with Crippen LogP contribution in [-0.4, -0.2) is 79.4 Å². The van der Waals surface area contributed by atoms with Crippen LogP contribution in [0.25, 0.3) is 0 Å². The highest BCUT2D eigenvalue weighted by atomic mass is 127. The summed E-state index contributed by atoms with van der Waals surface area (Å²) in [6.45, 7) is 34.6. The summed E-state index contributed by atoms with van der Waals surface area (Å²) in [6, 6.07) is 0. The maximum Gasteiger partial charge on any atom is 0.193 e. The maximum absolute atomic E-state index is 9.74. The summed E-state index contributed by atoms with van der Waals surface area (Å²) in [5.74, 6) is 0. The molecule has 41 heavy (non-hydrogen) atoms. The van der Waals surface area contributed by atoms with Crippen LogP contribution in [0.2, 0.25) is 54.4 Å². The number of rotatable bonds is 10. The minimum atomic E-state index is -2.26. The zero-order valence-corrected chi connectivity index (χ0v) is 34.0. The van der Waals surface area contributed by atoms with Gasteiger partial charge in [0.25, 0.3) is 0 Å². The number of aliphatic hydroxyl groups is 1. The van der Waals surface area contributed by atoms with Crippen molar-refractivity contribution in [2.45, 2.75) is 179 Å². The van der Waals surface area contributed by atoms with Crippen LogP contribution in [-0.2, 0) is 22.8 Å². The minimum Gasteiger partial charge on any atom is -0.408 e. The second kappa shape index (κ2) is 13.7. The second-order valence-corrected chi connectivity index (χ2v) is 31.8. The average molecular weight is 743 g/mol. The van der Waals surface area contributed by atoms with Gasteiger partial charge in [-0.15, -0.1) is 0 Å². The van der Waals surface area contributed by atoms with Gasteiger partial charge in [0.1, 0.15) is 24.4 Å². The Morgan fingerprint density at radius 2 is 1.27 bits per heavy atom. The van der Waals surface area contributed by atoms with Crippen molar-refractivity contribution in [2.24, 2.45) is 0 Å². The molecule has 5 unspecified atom stereocenters. The third kappa shape index (κ3) is 9.22. The molecule has 2 heterocycles. The van der Waals surface area contributed by atoms with Gasteiger partial charge in [-0.05, 0) is 83.8 Å². The average Bonchev–Trinajstić information content (AvgIpc) is 2.78. The monoisotopic (exact) mass is 742 g/mol. The van der Waals surface area contributed by atoms with Crippen molar-refractivity contribution in [3.8, 4) is 0 Å². The Morgan fingerprint density at radius 3 is 1.71 bits per heavy atom. The zero-order chi connectivity index (χ0) is 31.8. The number of aliphatic hydroxyl groups excluding tert-OH is 1. The first-order valence-electron chi connectivity index (χ1n) is 15.6. The van der Waals surface area contributed by atoms with Gasteiger partial charge in [-0.25, -0.2) is 0 Å². The van der Waals surface area contributed by atoms with Crippen LogP contribution in [0.3, 0.4) is 0 Å². The quantitative estimate of drug-likeness (QED) is 0.178. The van der Waals surface area contributed by atoms with Gasteiger partial charge in [0.05, 0.1) is 18.3 Å². The van der Waals surface area contributed by atoms with Crippen molar-refractivity contribution >= 4 is 47.5 Å². The van der Waals surface area contributed by atoms with E-state index < -0.39 is 25.0 Å². The lowest BCUT2D eigenvalue weighted by Gasteiger charge is -2.56. The summed E-state index contributed by atoms with van der Waals surface area (Å²) in [5.41, 5.74) is 0. The van der Waals surface area contributed by atoms with E-state index in [0.29, 0.717) is 6.42 Å². The highest BCUT2D eigenvalue weighted by Gasteiger charge is 2.57. The van der Waals surface area contributed by atoms with E-state index in [9.17, 15) is 5.11 Å². The van der Waals surface area contributed by atoms with E-state index in [2.05, 4.69) is 134 Å². The molecular weight excluding hydrogens is 679 g/mol. The van der Waals surface area contributed by atoms with Crippen LogP contribution in [0.1, 0.15) is 81.6 Å². The van der Waals surface area contributed by atoms with Gasteiger partial charge >= 0.3 is 0 Å². The van der Waals surface area contributed by atoms with Crippen molar-refractivity contribution in [1.82, 2.24) is 0 Å². The van der Waals surface area contributed by atoms with E-state index in [-0.39, 0.29) is 64.4 Å². The van der Waals surface area contributed by atoms with Crippen molar-refractivity contribution in [2.75, 3.05) is 6.61 Å².